The minimum Gasteiger partial charge on any atom is -0.497 e. The van der Waals surface area contributed by atoms with E-state index in [0.717, 1.165) is 17.4 Å². The number of unbranched alkanes of at least 4 members (excludes halogenated alkanes) is 2. The average molecular weight is 631 g/mol. The number of hydrogen-bond donors (Lipinski definition) is 2. The first kappa shape index (κ1) is 32.0. The Balaban J connectivity index is 0.000000434. The number of aliphatic hydroxyl groups is 2. The molecule has 1 aromatic rings. The van der Waals surface area contributed by atoms with Crippen molar-refractivity contribution in [1.82, 2.24) is 0 Å². The van der Waals surface area contributed by atoms with Crippen LogP contribution in [0, 0.1) is 0 Å². The fraction of sp³-hybridized carbons (Fsp3) is 0.778. The van der Waals surface area contributed by atoms with Gasteiger partial charge in [-0.2, -0.15) is 0 Å². The third-order valence-electron chi connectivity index (χ3n) is 6.27. The molecule has 2 fully saturated rings. The Morgan fingerprint density at radius 1 is 0.972 bits per heavy atom. The van der Waals surface area contributed by atoms with Crippen LogP contribution in [0.3, 0.4) is 0 Å². The summed E-state index contributed by atoms with van der Waals surface area (Å²) in [6.45, 7) is 12.1. The number of hydrogen-bond acceptors (Lipinski definition) is 7. The molecule has 0 saturated carbocycles. The summed E-state index contributed by atoms with van der Waals surface area (Å²) in [5.41, 5.74) is 0.810. The van der Waals surface area contributed by atoms with Crippen molar-refractivity contribution < 1.29 is 33.9 Å². The second-order valence-corrected chi connectivity index (χ2v) is 20.6. The molecule has 0 spiro atoms. The molecule has 2 heterocycles. The maximum absolute atomic E-state index is 10.5. The van der Waals surface area contributed by atoms with Crippen molar-refractivity contribution in [2.45, 2.75) is 111 Å². The molecule has 2 N–H and O–H groups in total. The second-order valence-electron chi connectivity index (χ2n) is 10.7. The largest absolute Gasteiger partial charge is 0.497 e. The Morgan fingerprint density at radius 2 is 1.61 bits per heavy atom. The fourth-order valence-corrected chi connectivity index (χ4v) is 8.74. The Kier molecular flexibility index (Phi) is 14.8. The van der Waals surface area contributed by atoms with Crippen molar-refractivity contribution in [3.63, 3.8) is 0 Å². The van der Waals surface area contributed by atoms with E-state index >= 15 is 0 Å². The summed E-state index contributed by atoms with van der Waals surface area (Å²) in [6, 6.07) is 8.28. The summed E-state index contributed by atoms with van der Waals surface area (Å²) in [6.07, 6.45) is 0.889. The molecule has 0 amide bonds. The van der Waals surface area contributed by atoms with Gasteiger partial charge < -0.3 is 33.9 Å². The normalized spacial score (nSPS) is 28.1. The zero-order chi connectivity index (χ0) is 26.6. The van der Waals surface area contributed by atoms with Gasteiger partial charge in [0.15, 0.2) is 12.6 Å². The molecule has 0 unspecified atom stereocenters. The molecule has 0 aliphatic carbocycles. The minimum absolute atomic E-state index is 0.149. The molecule has 6 atom stereocenters. The molecule has 2 aliphatic rings. The van der Waals surface area contributed by atoms with Crippen LogP contribution in [-0.2, 0) is 18.9 Å². The maximum Gasteiger partial charge on any atom is 0.186 e. The molecule has 9 heteroatoms. The van der Waals surface area contributed by atoms with Gasteiger partial charge in [-0.05, 0) is 18.2 Å². The first-order valence-electron chi connectivity index (χ1n) is 13.4. The van der Waals surface area contributed by atoms with Gasteiger partial charge in [-0.3, -0.25) is 0 Å². The van der Waals surface area contributed by atoms with E-state index < -0.39 is 45.1 Å². The Morgan fingerprint density at radius 3 is 2.17 bits per heavy atom. The first-order valence-corrected chi connectivity index (χ1v) is 21.2. The van der Waals surface area contributed by atoms with Gasteiger partial charge in [-0.1, -0.05) is 31.8 Å². The van der Waals surface area contributed by atoms with Gasteiger partial charge >= 0.3 is 69.5 Å². The van der Waals surface area contributed by atoms with Gasteiger partial charge in [0.25, 0.3) is 0 Å². The van der Waals surface area contributed by atoms with Crippen LogP contribution in [0.5, 0.6) is 5.75 Å². The summed E-state index contributed by atoms with van der Waals surface area (Å²) in [5.74, 6) is 0.738. The molecule has 3 rings (SSSR count). The van der Waals surface area contributed by atoms with Crippen molar-refractivity contribution in [1.29, 1.82) is 0 Å². The van der Waals surface area contributed by atoms with Crippen LogP contribution in [0.1, 0.15) is 51.4 Å². The SMILES string of the molecule is CCC[CH2][Sn][CH2]CCC.COc1ccc([C@@H]2OC[C@H]3O[C@@H](OCC[Si](C)(C)C)[C@H](O)[C@@H](O)[C@@H]3O2)cc1. The fourth-order valence-electron chi connectivity index (χ4n) is 3.86. The van der Waals surface area contributed by atoms with Gasteiger partial charge in [-0.15, -0.1) is 0 Å². The van der Waals surface area contributed by atoms with Crippen LogP contribution in [0.2, 0.25) is 34.6 Å². The molecule has 2 radical (unpaired) electrons. The van der Waals surface area contributed by atoms with Crippen molar-refractivity contribution in [2.75, 3.05) is 20.3 Å². The molecule has 0 aromatic heterocycles. The maximum atomic E-state index is 10.5. The molecular formula is C27H48O7SiSn. The molecule has 0 bridgehead atoms. The zero-order valence-electron chi connectivity index (χ0n) is 23.1. The van der Waals surface area contributed by atoms with Crippen LogP contribution < -0.4 is 4.74 Å². The molecule has 2 aliphatic heterocycles. The smallest absolute Gasteiger partial charge is 0.186 e. The summed E-state index contributed by atoms with van der Waals surface area (Å²) < 4.78 is 31.6. The number of ether oxygens (including phenoxy) is 5. The molecule has 7 nitrogen and oxygen atoms in total. The van der Waals surface area contributed by atoms with Crippen molar-refractivity contribution in [2.24, 2.45) is 0 Å². The minimum atomic E-state index is -1.25. The van der Waals surface area contributed by atoms with Crippen LogP contribution in [0.25, 0.3) is 0 Å². The van der Waals surface area contributed by atoms with E-state index in [-0.39, 0.29) is 27.7 Å². The molecule has 1 aromatic carbocycles. The van der Waals surface area contributed by atoms with Gasteiger partial charge in [0.1, 0.15) is 30.2 Å². The number of aliphatic hydroxyl groups excluding tert-OH is 2. The molecule has 206 valence electrons. The summed E-state index contributed by atoms with van der Waals surface area (Å²) in [4.78, 5) is 0. The predicted molar refractivity (Wildman–Crippen MR) is 147 cm³/mol. The van der Waals surface area contributed by atoms with Crippen molar-refractivity contribution in [3.05, 3.63) is 29.8 Å². The van der Waals surface area contributed by atoms with Gasteiger partial charge in [0.05, 0.1) is 13.7 Å². The first-order chi connectivity index (χ1) is 17.2. The number of benzene rings is 1. The number of methoxy groups -OCH3 is 1. The van der Waals surface area contributed by atoms with E-state index in [9.17, 15) is 10.2 Å². The van der Waals surface area contributed by atoms with E-state index in [2.05, 4.69) is 33.5 Å². The van der Waals surface area contributed by atoms with Crippen LogP contribution in [0.4, 0.5) is 0 Å². The topological polar surface area (TPSA) is 86.6 Å². The third kappa shape index (κ3) is 10.9. The quantitative estimate of drug-likeness (QED) is 0.247. The van der Waals surface area contributed by atoms with Crippen molar-refractivity contribution in [3.8, 4) is 5.75 Å². The second kappa shape index (κ2) is 16.7. The monoisotopic (exact) mass is 632 g/mol. The van der Waals surface area contributed by atoms with Crippen LogP contribution >= 0.6 is 0 Å². The van der Waals surface area contributed by atoms with Crippen LogP contribution in [0.15, 0.2) is 24.3 Å². The van der Waals surface area contributed by atoms with E-state index in [1.807, 2.05) is 24.3 Å². The predicted octanol–water partition coefficient (Wildman–Crippen LogP) is 5.04. The Bertz CT molecular complexity index is 707. The van der Waals surface area contributed by atoms with E-state index in [1.54, 1.807) is 16.0 Å². The molecule has 36 heavy (non-hydrogen) atoms. The Hall–Kier alpha value is -0.204. The average Bonchev–Trinajstić information content (AvgIpc) is 2.86. The van der Waals surface area contributed by atoms with Gasteiger partial charge in [0, 0.05) is 20.2 Å². The number of rotatable bonds is 12. The van der Waals surface area contributed by atoms with Gasteiger partial charge in [0.2, 0.25) is 0 Å². The third-order valence-corrected chi connectivity index (χ3v) is 12.0. The summed E-state index contributed by atoms with van der Waals surface area (Å²) in [7, 11) is 0.352. The molecular weight excluding hydrogens is 583 g/mol. The van der Waals surface area contributed by atoms with E-state index in [4.69, 9.17) is 23.7 Å². The van der Waals surface area contributed by atoms with E-state index in [0.29, 0.717) is 6.61 Å². The number of fused-ring (bicyclic) bond motifs is 1. The molecule has 2 saturated heterocycles. The Labute approximate surface area is 229 Å². The zero-order valence-corrected chi connectivity index (χ0v) is 26.9. The summed E-state index contributed by atoms with van der Waals surface area (Å²) in [5, 5.41) is 21.0. The van der Waals surface area contributed by atoms with Crippen LogP contribution in [-0.4, -0.2) is 90.5 Å². The van der Waals surface area contributed by atoms with E-state index in [1.165, 1.54) is 25.7 Å². The standard InChI is InChI=1S/C19H30O7Si.2C4H9.Sn/c1-22-13-7-5-12(6-8-13)18-24-11-14-17(26-18)15(20)16(21)19(25-14)23-9-10-27(2,3)4;2*1-3-4-2;/h5-8,14-21H,9-11H2,1-4H3;2*1,3-4H2,2H3;/t14-,15-,16-,17-,18-,19-;;;/m1.../s1. The summed E-state index contributed by atoms with van der Waals surface area (Å²) >= 11 is 0.149. The van der Waals surface area contributed by atoms with Gasteiger partial charge in [-0.25, -0.2) is 0 Å². The van der Waals surface area contributed by atoms with Crippen molar-refractivity contribution >= 4 is 29.2 Å².